The molecule has 7 heteroatoms. The molecule has 1 aliphatic heterocycles. The van der Waals surface area contributed by atoms with Gasteiger partial charge < -0.3 is 16.0 Å². The highest BCUT2D eigenvalue weighted by Gasteiger charge is 2.32. The van der Waals surface area contributed by atoms with Crippen LogP contribution in [0.1, 0.15) is 53.2 Å². The topological polar surface area (TPSA) is 105 Å². The summed E-state index contributed by atoms with van der Waals surface area (Å²) in [6.07, 6.45) is 9.77. The van der Waals surface area contributed by atoms with Gasteiger partial charge in [-0.25, -0.2) is 0 Å². The van der Waals surface area contributed by atoms with E-state index < -0.39 is 5.92 Å². The lowest BCUT2D eigenvalue weighted by Crippen LogP contribution is -2.42. The van der Waals surface area contributed by atoms with Gasteiger partial charge in [-0.15, -0.1) is 0 Å². The van der Waals surface area contributed by atoms with Crippen LogP contribution >= 0.6 is 0 Å². The average Bonchev–Trinajstić information content (AvgIpc) is 2.96. The zero-order chi connectivity index (χ0) is 26.7. The van der Waals surface area contributed by atoms with Crippen LogP contribution in [0.5, 0.6) is 0 Å². The molecule has 1 aliphatic rings. The van der Waals surface area contributed by atoms with Crippen molar-refractivity contribution >= 4 is 23.3 Å². The van der Waals surface area contributed by atoms with Crippen molar-refractivity contribution in [1.82, 2.24) is 9.88 Å². The first-order valence-electron chi connectivity index (χ1n) is 13.1. The van der Waals surface area contributed by atoms with Gasteiger partial charge in [0.15, 0.2) is 5.78 Å². The van der Waals surface area contributed by atoms with Crippen LogP contribution in [0.15, 0.2) is 91.3 Å². The maximum Gasteiger partial charge on any atom is 0.227 e. The van der Waals surface area contributed by atoms with Gasteiger partial charge in [0.05, 0.1) is 6.04 Å². The minimum atomic E-state index is -0.529. The van der Waals surface area contributed by atoms with E-state index in [2.05, 4.69) is 16.4 Å². The van der Waals surface area contributed by atoms with Gasteiger partial charge in [0, 0.05) is 48.9 Å². The number of anilines is 1. The number of benzene rings is 2. The van der Waals surface area contributed by atoms with Crippen molar-refractivity contribution in [1.29, 1.82) is 0 Å². The molecular formula is C31H34N4O3. The lowest BCUT2D eigenvalue weighted by atomic mass is 9.89. The van der Waals surface area contributed by atoms with Crippen LogP contribution in [0, 0.1) is 5.92 Å². The summed E-state index contributed by atoms with van der Waals surface area (Å²) < 4.78 is 0. The Labute approximate surface area is 223 Å². The number of aromatic nitrogens is 1. The van der Waals surface area contributed by atoms with E-state index in [1.165, 1.54) is 0 Å². The van der Waals surface area contributed by atoms with Gasteiger partial charge in [-0.1, -0.05) is 60.7 Å². The molecule has 0 fully saturated rings. The van der Waals surface area contributed by atoms with Crippen LogP contribution in [0.25, 0.3) is 0 Å². The smallest absolute Gasteiger partial charge is 0.227 e. The van der Waals surface area contributed by atoms with E-state index in [4.69, 9.17) is 5.73 Å². The molecule has 0 aliphatic carbocycles. The van der Waals surface area contributed by atoms with Gasteiger partial charge in [0.2, 0.25) is 11.8 Å². The average molecular weight is 511 g/mol. The second-order valence-electron chi connectivity index (χ2n) is 9.54. The van der Waals surface area contributed by atoms with Gasteiger partial charge in [-0.3, -0.25) is 19.4 Å². The third-order valence-electron chi connectivity index (χ3n) is 6.74. The molecule has 196 valence electrons. The molecular weight excluding hydrogens is 476 g/mol. The van der Waals surface area contributed by atoms with Gasteiger partial charge in [0.25, 0.3) is 0 Å². The lowest BCUT2D eigenvalue weighted by molar-refractivity contribution is -0.137. The Morgan fingerprint density at radius 1 is 1.03 bits per heavy atom. The van der Waals surface area contributed by atoms with Gasteiger partial charge in [-0.05, 0) is 55.1 Å². The first-order chi connectivity index (χ1) is 18.5. The zero-order valence-electron chi connectivity index (χ0n) is 21.5. The first-order valence-corrected chi connectivity index (χ1v) is 13.1. The Kier molecular flexibility index (Phi) is 9.54. The number of nitrogens with one attached hydrogen (secondary N) is 1. The molecule has 4 rings (SSSR count). The molecule has 2 heterocycles. The molecule has 1 unspecified atom stereocenters. The summed E-state index contributed by atoms with van der Waals surface area (Å²) in [5, 5.41) is 2.83. The summed E-state index contributed by atoms with van der Waals surface area (Å²) in [5.41, 5.74) is 8.50. The molecule has 0 radical (unpaired) electrons. The van der Waals surface area contributed by atoms with Gasteiger partial charge in [0.1, 0.15) is 0 Å². The van der Waals surface area contributed by atoms with E-state index in [-0.39, 0.29) is 30.1 Å². The van der Waals surface area contributed by atoms with Crippen molar-refractivity contribution in [3.05, 3.63) is 108 Å². The van der Waals surface area contributed by atoms with E-state index in [1.54, 1.807) is 36.7 Å². The quantitative estimate of drug-likeness (QED) is 0.287. The summed E-state index contributed by atoms with van der Waals surface area (Å²) in [5.74, 6) is -0.857. The summed E-state index contributed by atoms with van der Waals surface area (Å²) in [6.45, 7) is 0.930. The van der Waals surface area contributed by atoms with Crippen molar-refractivity contribution in [2.75, 3.05) is 18.4 Å². The molecule has 0 saturated carbocycles. The normalized spacial score (nSPS) is 15.6. The molecule has 2 amide bonds. The second kappa shape index (κ2) is 13.4. The number of nitrogens with zero attached hydrogens (tertiary/aromatic N) is 2. The molecule has 1 aromatic heterocycles. The van der Waals surface area contributed by atoms with Crippen molar-refractivity contribution in [3.8, 4) is 0 Å². The molecule has 0 saturated heterocycles. The zero-order valence-corrected chi connectivity index (χ0v) is 21.5. The molecule has 0 bridgehead atoms. The number of rotatable bonds is 11. The van der Waals surface area contributed by atoms with Gasteiger partial charge in [-0.2, -0.15) is 0 Å². The number of hydrogen-bond donors (Lipinski definition) is 2. The Morgan fingerprint density at radius 2 is 1.87 bits per heavy atom. The minimum Gasteiger partial charge on any atom is -0.331 e. The molecule has 2 atom stereocenters. The third kappa shape index (κ3) is 7.23. The molecule has 38 heavy (non-hydrogen) atoms. The maximum absolute atomic E-state index is 14.0. The van der Waals surface area contributed by atoms with Crippen molar-refractivity contribution in [2.24, 2.45) is 11.7 Å². The SMILES string of the molecule is NCCCC(=O)Nc1cccc(C(=O)C[C@@H](Cc2ccccc2)C(=O)N2CC=CCC2c2cccnc2)c1. The number of hydrogen-bond acceptors (Lipinski definition) is 5. The molecule has 0 spiro atoms. The first kappa shape index (κ1) is 26.9. The predicted octanol–water partition coefficient (Wildman–Crippen LogP) is 4.72. The number of pyridine rings is 1. The fourth-order valence-electron chi connectivity index (χ4n) is 4.78. The molecule has 3 aromatic rings. The number of carbonyl (C=O) groups excluding carboxylic acids is 3. The summed E-state index contributed by atoms with van der Waals surface area (Å²) in [4.78, 5) is 45.7. The highest BCUT2D eigenvalue weighted by atomic mass is 16.2. The Hall–Kier alpha value is -4.10. The molecule has 7 nitrogen and oxygen atoms in total. The number of ketones is 1. The van der Waals surface area contributed by atoms with Crippen molar-refractivity contribution < 1.29 is 14.4 Å². The standard InChI is InChI=1S/C31H34N4O3/c32-16-7-15-30(37)34-27-13-6-11-24(20-27)29(36)21-26(19-23-9-2-1-3-10-23)31(38)35-18-5-4-14-28(35)25-12-8-17-33-22-25/h1-6,8-13,17,20,22,26,28H,7,14-16,18-19,21,32H2,(H,34,37)/t26-,28?/m1/s1. The Morgan fingerprint density at radius 3 is 2.63 bits per heavy atom. The van der Waals surface area contributed by atoms with Crippen LogP contribution in [0.2, 0.25) is 0 Å². The highest BCUT2D eigenvalue weighted by Crippen LogP contribution is 2.30. The van der Waals surface area contributed by atoms with Crippen molar-refractivity contribution in [3.63, 3.8) is 0 Å². The predicted molar refractivity (Wildman–Crippen MR) is 148 cm³/mol. The van der Waals surface area contributed by atoms with Crippen LogP contribution < -0.4 is 11.1 Å². The second-order valence-corrected chi connectivity index (χ2v) is 9.54. The number of carbonyl (C=O) groups is 3. The Bertz CT molecular complexity index is 1260. The maximum atomic E-state index is 14.0. The summed E-state index contributed by atoms with van der Waals surface area (Å²) >= 11 is 0. The summed E-state index contributed by atoms with van der Waals surface area (Å²) in [6, 6.07) is 20.4. The van der Waals surface area contributed by atoms with Crippen LogP contribution in [0.4, 0.5) is 5.69 Å². The summed E-state index contributed by atoms with van der Waals surface area (Å²) in [7, 11) is 0. The largest absolute Gasteiger partial charge is 0.331 e. The van der Waals surface area contributed by atoms with Crippen LogP contribution in [-0.2, 0) is 16.0 Å². The van der Waals surface area contributed by atoms with E-state index in [0.717, 1.165) is 11.1 Å². The van der Waals surface area contributed by atoms with Crippen LogP contribution in [-0.4, -0.2) is 40.6 Å². The van der Waals surface area contributed by atoms with E-state index in [0.29, 0.717) is 50.0 Å². The fraction of sp³-hybridized carbons (Fsp3) is 0.290. The number of Topliss-reactive ketones (excluding diaryl/α,β-unsaturated/α-hetero) is 1. The number of nitrogens with two attached hydrogens (primary N) is 1. The van der Waals surface area contributed by atoms with Crippen molar-refractivity contribution in [2.45, 2.75) is 38.1 Å². The fourth-order valence-corrected chi connectivity index (χ4v) is 4.78. The Balaban J connectivity index is 1.55. The van der Waals surface area contributed by atoms with E-state index in [1.807, 2.05) is 53.4 Å². The number of amides is 2. The molecule has 3 N–H and O–H groups in total. The van der Waals surface area contributed by atoms with E-state index >= 15 is 0 Å². The lowest BCUT2D eigenvalue weighted by Gasteiger charge is -2.35. The van der Waals surface area contributed by atoms with E-state index in [9.17, 15) is 14.4 Å². The van der Waals surface area contributed by atoms with Crippen LogP contribution in [0.3, 0.4) is 0 Å². The molecule has 2 aromatic carbocycles. The highest BCUT2D eigenvalue weighted by molar-refractivity contribution is 6.00. The minimum absolute atomic E-state index is 0.0494. The third-order valence-corrected chi connectivity index (χ3v) is 6.74. The monoisotopic (exact) mass is 510 g/mol. The van der Waals surface area contributed by atoms with Gasteiger partial charge >= 0.3 is 0 Å².